The lowest BCUT2D eigenvalue weighted by Gasteiger charge is -2.09. The standard InChI is InChI=1S/C13H8ClF4N/c14-9-4-8(15)1-2-13(9)19-6-7-3-11(17)12(18)5-10(7)16/h1-5,19H,6H2. The fourth-order valence-corrected chi connectivity index (χ4v) is 1.76. The molecule has 0 fully saturated rings. The second-order valence-corrected chi connectivity index (χ2v) is 4.24. The molecule has 0 aliphatic carbocycles. The number of hydrogen-bond acceptors (Lipinski definition) is 1. The Kier molecular flexibility index (Phi) is 3.95. The summed E-state index contributed by atoms with van der Waals surface area (Å²) in [4.78, 5) is 0. The predicted molar refractivity (Wildman–Crippen MR) is 65.1 cm³/mol. The summed E-state index contributed by atoms with van der Waals surface area (Å²) in [6.07, 6.45) is 0. The molecule has 0 bridgehead atoms. The van der Waals surface area contributed by atoms with E-state index >= 15 is 0 Å². The highest BCUT2D eigenvalue weighted by Crippen LogP contribution is 2.23. The van der Waals surface area contributed by atoms with E-state index in [-0.39, 0.29) is 17.1 Å². The van der Waals surface area contributed by atoms with E-state index in [1.807, 2.05) is 0 Å². The van der Waals surface area contributed by atoms with Crippen LogP contribution in [0, 0.1) is 23.3 Å². The van der Waals surface area contributed by atoms with Gasteiger partial charge in [-0.15, -0.1) is 0 Å². The Morgan fingerprint density at radius 2 is 1.58 bits per heavy atom. The van der Waals surface area contributed by atoms with E-state index in [1.54, 1.807) is 0 Å². The van der Waals surface area contributed by atoms with Crippen LogP contribution in [0.2, 0.25) is 5.02 Å². The van der Waals surface area contributed by atoms with E-state index in [1.165, 1.54) is 12.1 Å². The van der Waals surface area contributed by atoms with Gasteiger partial charge in [0, 0.05) is 18.2 Å². The SMILES string of the molecule is Fc1ccc(NCc2cc(F)c(F)cc2F)c(Cl)c1. The van der Waals surface area contributed by atoms with E-state index in [4.69, 9.17) is 11.6 Å². The molecule has 0 saturated carbocycles. The Morgan fingerprint density at radius 3 is 2.26 bits per heavy atom. The maximum absolute atomic E-state index is 13.4. The second kappa shape index (κ2) is 5.48. The minimum absolute atomic E-state index is 0.0562. The van der Waals surface area contributed by atoms with Crippen molar-refractivity contribution < 1.29 is 17.6 Å². The van der Waals surface area contributed by atoms with E-state index in [2.05, 4.69) is 5.32 Å². The van der Waals surface area contributed by atoms with Crippen molar-refractivity contribution in [1.29, 1.82) is 0 Å². The summed E-state index contributed by atoms with van der Waals surface area (Å²) >= 11 is 5.76. The van der Waals surface area contributed by atoms with Gasteiger partial charge in [0.05, 0.1) is 10.7 Å². The first kappa shape index (κ1) is 13.7. The molecule has 6 heteroatoms. The molecule has 2 aromatic rings. The fraction of sp³-hybridized carbons (Fsp3) is 0.0769. The zero-order chi connectivity index (χ0) is 14.0. The van der Waals surface area contributed by atoms with Crippen molar-refractivity contribution in [1.82, 2.24) is 0 Å². The number of benzene rings is 2. The fourth-order valence-electron chi connectivity index (χ4n) is 1.52. The monoisotopic (exact) mass is 289 g/mol. The van der Waals surface area contributed by atoms with Gasteiger partial charge in [-0.05, 0) is 24.3 Å². The van der Waals surface area contributed by atoms with Crippen LogP contribution in [-0.2, 0) is 6.54 Å². The van der Waals surface area contributed by atoms with Crippen LogP contribution in [-0.4, -0.2) is 0 Å². The first-order valence-electron chi connectivity index (χ1n) is 5.29. The first-order valence-corrected chi connectivity index (χ1v) is 5.67. The van der Waals surface area contributed by atoms with Crippen LogP contribution < -0.4 is 5.32 Å². The van der Waals surface area contributed by atoms with Crippen LogP contribution >= 0.6 is 11.6 Å². The van der Waals surface area contributed by atoms with Crippen LogP contribution in [0.3, 0.4) is 0 Å². The van der Waals surface area contributed by atoms with Crippen LogP contribution in [0.25, 0.3) is 0 Å². The molecule has 0 aliphatic heterocycles. The summed E-state index contributed by atoms with van der Waals surface area (Å²) < 4.78 is 51.9. The van der Waals surface area contributed by atoms with Crippen LogP contribution in [0.5, 0.6) is 0 Å². The quantitative estimate of drug-likeness (QED) is 0.647. The van der Waals surface area contributed by atoms with Crippen LogP contribution in [0.15, 0.2) is 30.3 Å². The van der Waals surface area contributed by atoms with E-state index in [0.29, 0.717) is 11.8 Å². The van der Waals surface area contributed by atoms with Gasteiger partial charge in [0.1, 0.15) is 11.6 Å². The van der Waals surface area contributed by atoms with Crippen molar-refractivity contribution in [3.05, 3.63) is 64.2 Å². The van der Waals surface area contributed by atoms with Crippen molar-refractivity contribution in [2.75, 3.05) is 5.32 Å². The summed E-state index contributed by atoms with van der Waals surface area (Å²) in [5, 5.41) is 2.83. The molecule has 0 unspecified atom stereocenters. The van der Waals surface area contributed by atoms with Crippen molar-refractivity contribution in [2.24, 2.45) is 0 Å². The number of hydrogen-bond donors (Lipinski definition) is 1. The van der Waals surface area contributed by atoms with Gasteiger partial charge >= 0.3 is 0 Å². The van der Waals surface area contributed by atoms with Gasteiger partial charge in [0.25, 0.3) is 0 Å². The lowest BCUT2D eigenvalue weighted by Crippen LogP contribution is -2.04. The van der Waals surface area contributed by atoms with Gasteiger partial charge < -0.3 is 5.32 Å². The van der Waals surface area contributed by atoms with E-state index in [0.717, 1.165) is 12.1 Å². The van der Waals surface area contributed by atoms with Crippen LogP contribution in [0.1, 0.15) is 5.56 Å². The maximum Gasteiger partial charge on any atom is 0.161 e. The van der Waals surface area contributed by atoms with Crippen LogP contribution in [0.4, 0.5) is 23.2 Å². The smallest absolute Gasteiger partial charge is 0.161 e. The average Bonchev–Trinajstić information content (AvgIpc) is 2.34. The molecule has 2 rings (SSSR count). The molecule has 0 aliphatic rings. The summed E-state index contributed by atoms with van der Waals surface area (Å²) in [5.74, 6) is -3.76. The molecular formula is C13H8ClF4N. The minimum Gasteiger partial charge on any atom is -0.380 e. The Labute approximate surface area is 111 Å². The molecule has 0 atom stereocenters. The molecule has 2 aromatic carbocycles. The highest BCUT2D eigenvalue weighted by molar-refractivity contribution is 6.33. The number of halogens is 5. The molecule has 0 saturated heterocycles. The zero-order valence-electron chi connectivity index (χ0n) is 9.48. The number of rotatable bonds is 3. The summed E-state index contributed by atoms with van der Waals surface area (Å²) in [6.45, 7) is -0.103. The third-order valence-electron chi connectivity index (χ3n) is 2.49. The Balaban J connectivity index is 2.16. The van der Waals surface area contributed by atoms with Gasteiger partial charge in [-0.25, -0.2) is 17.6 Å². The molecule has 0 amide bonds. The van der Waals surface area contributed by atoms with E-state index < -0.39 is 23.3 Å². The van der Waals surface area contributed by atoms with Gasteiger partial charge in [-0.2, -0.15) is 0 Å². The first-order chi connectivity index (χ1) is 8.97. The van der Waals surface area contributed by atoms with Gasteiger partial charge in [-0.1, -0.05) is 11.6 Å². The largest absolute Gasteiger partial charge is 0.380 e. The molecule has 0 aromatic heterocycles. The number of nitrogens with one attached hydrogen (secondary N) is 1. The molecule has 0 radical (unpaired) electrons. The molecule has 19 heavy (non-hydrogen) atoms. The Morgan fingerprint density at radius 1 is 0.895 bits per heavy atom. The van der Waals surface area contributed by atoms with Gasteiger partial charge in [0.2, 0.25) is 0 Å². The predicted octanol–water partition coefficient (Wildman–Crippen LogP) is 4.51. The maximum atomic E-state index is 13.4. The second-order valence-electron chi connectivity index (χ2n) is 3.84. The summed E-state index contributed by atoms with van der Waals surface area (Å²) in [6, 6.07) is 4.87. The molecule has 1 nitrogen and oxygen atoms in total. The highest BCUT2D eigenvalue weighted by atomic mass is 35.5. The van der Waals surface area contributed by atoms with Gasteiger partial charge in [-0.3, -0.25) is 0 Å². The topological polar surface area (TPSA) is 12.0 Å². The van der Waals surface area contributed by atoms with Gasteiger partial charge in [0.15, 0.2) is 11.6 Å². The molecular weight excluding hydrogens is 282 g/mol. The molecule has 0 spiro atoms. The third-order valence-corrected chi connectivity index (χ3v) is 2.80. The zero-order valence-corrected chi connectivity index (χ0v) is 10.2. The molecule has 100 valence electrons. The average molecular weight is 290 g/mol. The third kappa shape index (κ3) is 3.17. The molecule has 1 N–H and O–H groups in total. The lowest BCUT2D eigenvalue weighted by molar-refractivity contribution is 0.490. The summed E-state index contributed by atoms with van der Waals surface area (Å²) in [5.41, 5.74) is 0.312. The molecule has 0 heterocycles. The normalized spacial score (nSPS) is 10.6. The highest BCUT2D eigenvalue weighted by Gasteiger charge is 2.10. The van der Waals surface area contributed by atoms with Crippen molar-refractivity contribution >= 4 is 17.3 Å². The van der Waals surface area contributed by atoms with Crippen molar-refractivity contribution in [3.63, 3.8) is 0 Å². The van der Waals surface area contributed by atoms with Crippen molar-refractivity contribution in [2.45, 2.75) is 6.54 Å². The Bertz CT molecular complexity index is 616. The lowest BCUT2D eigenvalue weighted by atomic mass is 10.2. The van der Waals surface area contributed by atoms with E-state index in [9.17, 15) is 17.6 Å². The minimum atomic E-state index is -1.25. The Hall–Kier alpha value is -1.75. The summed E-state index contributed by atoms with van der Waals surface area (Å²) in [7, 11) is 0. The number of anilines is 1. The van der Waals surface area contributed by atoms with Crippen molar-refractivity contribution in [3.8, 4) is 0 Å².